The highest BCUT2D eigenvalue weighted by Crippen LogP contribution is 2.35. The summed E-state index contributed by atoms with van der Waals surface area (Å²) in [4.78, 5) is 39.3. The van der Waals surface area contributed by atoms with Gasteiger partial charge in [-0.25, -0.2) is 22.2 Å². The lowest BCUT2D eigenvalue weighted by Crippen LogP contribution is -2.53. The Morgan fingerprint density at radius 1 is 0.631 bits per heavy atom. The number of carbonyl (C=O) groups is 3. The van der Waals surface area contributed by atoms with Crippen molar-refractivity contribution in [3.05, 3.63) is 76.9 Å². The van der Waals surface area contributed by atoms with Gasteiger partial charge in [-0.2, -0.15) is 21.5 Å². The van der Waals surface area contributed by atoms with E-state index < -0.39 is 66.4 Å². The van der Waals surface area contributed by atoms with Gasteiger partial charge in [-0.05, 0) is 41.8 Å². The molecule has 2 aliphatic heterocycles. The van der Waals surface area contributed by atoms with Gasteiger partial charge in [0.15, 0.2) is 16.5 Å². The molecule has 2 aliphatic rings. The van der Waals surface area contributed by atoms with Gasteiger partial charge in [-0.3, -0.25) is 18.9 Å². The molecule has 0 bridgehead atoms. The molecule has 468 valence electrons. The second kappa shape index (κ2) is 37.1. The molecule has 0 aromatic heterocycles. The quantitative estimate of drug-likeness (QED) is 0.0157. The zero-order chi connectivity index (χ0) is 60.7. The number of hydrogen-bond donors (Lipinski definition) is 4. The van der Waals surface area contributed by atoms with E-state index in [0.717, 1.165) is 17.5 Å². The molecule has 84 heavy (non-hydrogen) atoms. The van der Waals surface area contributed by atoms with E-state index in [1.54, 1.807) is 24.3 Å². The zero-order valence-electron chi connectivity index (χ0n) is 46.6. The first-order valence-electron chi connectivity index (χ1n) is 27.0. The van der Waals surface area contributed by atoms with Crippen molar-refractivity contribution >= 4 is 55.5 Å². The van der Waals surface area contributed by atoms with Gasteiger partial charge in [-0.15, -0.1) is 0 Å². The maximum Gasteiger partial charge on any atom is 0.313 e. The predicted molar refractivity (Wildman–Crippen MR) is 293 cm³/mol. The average molecular weight is 1240 g/mol. The van der Waals surface area contributed by atoms with Crippen molar-refractivity contribution in [3.63, 3.8) is 0 Å². The van der Waals surface area contributed by atoms with E-state index in [1.165, 1.54) is 4.31 Å². The summed E-state index contributed by atoms with van der Waals surface area (Å²) < 4.78 is 173. The smallest absolute Gasteiger partial charge is 0.313 e. The van der Waals surface area contributed by atoms with Crippen LogP contribution in [0.25, 0.3) is 17.2 Å². The minimum absolute atomic E-state index is 0.0119. The first-order chi connectivity index (χ1) is 40.4. The van der Waals surface area contributed by atoms with Crippen molar-refractivity contribution in [2.45, 2.75) is 42.4 Å². The number of fused-ring (bicyclic) bond motifs is 1. The molecule has 30 heteroatoms. The Morgan fingerprint density at radius 3 is 1.57 bits per heavy atom. The summed E-state index contributed by atoms with van der Waals surface area (Å²) in [5.74, 6) is -12.8. The molecule has 5 N–H and O–H groups in total. The van der Waals surface area contributed by atoms with Crippen molar-refractivity contribution in [1.29, 1.82) is 0 Å². The molecule has 1 fully saturated rings. The molecule has 2 amide bonds. The first-order valence-corrected chi connectivity index (χ1v) is 29.9. The maximum atomic E-state index is 14.0. The van der Waals surface area contributed by atoms with E-state index in [2.05, 4.69) is 20.4 Å². The number of carbonyl (C=O) groups excluding carboxylic acids is 3. The number of nitrogens with two attached hydrogens (primary N) is 1. The Morgan fingerprint density at radius 2 is 1.10 bits per heavy atom. The zero-order valence-corrected chi connectivity index (χ0v) is 48.2. The van der Waals surface area contributed by atoms with Crippen LogP contribution in [0, 0.1) is 29.2 Å². The summed E-state index contributed by atoms with van der Waals surface area (Å²) in [7, 11) is -9.43. The standard InChI is InChI=1S/C54H73F4N5O19S2/c1-2-10-60-54(66)42-31-41-7-6-40(33-44(41)62-45(59)34-42)39-4-3-5-43(32-39)83(67,68)63-36-38(37-63)35-61-46(64)8-11-72-13-15-74-17-19-76-21-23-78-25-27-80-29-30-81-28-26-79-24-22-77-20-18-75-16-14-73-12-9-47(65)82-52-48(55)50(57)53(84(69,70)71)51(58)49(52)56/h3-7,31-33,38H,2,8-30,34-37H2,1H3,(H2,59,62)(H,60,66)(H,61,64)(H,69,70,71). The van der Waals surface area contributed by atoms with Crippen molar-refractivity contribution in [2.24, 2.45) is 16.6 Å². The van der Waals surface area contributed by atoms with Crippen LogP contribution in [-0.4, -0.2) is 208 Å². The molecule has 0 atom stereocenters. The summed E-state index contributed by atoms with van der Waals surface area (Å²) >= 11 is 0. The van der Waals surface area contributed by atoms with Gasteiger partial charge in [0.2, 0.25) is 39.2 Å². The van der Waals surface area contributed by atoms with E-state index in [1.807, 2.05) is 31.2 Å². The van der Waals surface area contributed by atoms with Gasteiger partial charge in [0.25, 0.3) is 0 Å². The van der Waals surface area contributed by atoms with Crippen LogP contribution in [0.1, 0.15) is 38.2 Å². The molecule has 2 heterocycles. The summed E-state index contributed by atoms with van der Waals surface area (Å²) in [6.07, 6.45) is 2.38. The molecule has 3 aromatic carbocycles. The van der Waals surface area contributed by atoms with Crippen LogP contribution in [0.3, 0.4) is 0 Å². The van der Waals surface area contributed by atoms with Crippen molar-refractivity contribution in [2.75, 3.05) is 158 Å². The number of hydrogen-bond acceptors (Lipinski definition) is 20. The van der Waals surface area contributed by atoms with Gasteiger partial charge in [0.1, 0.15) is 5.84 Å². The Kier molecular flexibility index (Phi) is 30.5. The van der Waals surface area contributed by atoms with Gasteiger partial charge in [0.05, 0.1) is 149 Å². The lowest BCUT2D eigenvalue weighted by atomic mass is 10.0. The lowest BCUT2D eigenvalue weighted by Gasteiger charge is -2.38. The second-order valence-electron chi connectivity index (χ2n) is 18.5. The summed E-state index contributed by atoms with van der Waals surface area (Å²) in [5.41, 5.74) is 9.45. The topological polar surface area (TPSA) is 307 Å². The number of amidine groups is 1. The molecule has 24 nitrogen and oxygen atoms in total. The number of esters is 1. The molecule has 5 rings (SSSR count). The largest absolute Gasteiger partial charge is 0.420 e. The van der Waals surface area contributed by atoms with Crippen LogP contribution in [-0.2, 0) is 81.9 Å². The number of nitrogens with one attached hydrogen (secondary N) is 2. The van der Waals surface area contributed by atoms with Crippen LogP contribution >= 0.6 is 0 Å². The Bertz CT molecular complexity index is 2850. The highest BCUT2D eigenvalue weighted by atomic mass is 32.2. The van der Waals surface area contributed by atoms with Crippen LogP contribution in [0.5, 0.6) is 5.75 Å². The Balaban J connectivity index is 0.739. The third-order valence-electron chi connectivity index (χ3n) is 12.1. The van der Waals surface area contributed by atoms with Crippen molar-refractivity contribution < 1.29 is 105 Å². The third-order valence-corrected chi connectivity index (χ3v) is 14.8. The Hall–Kier alpha value is -5.58. The highest BCUT2D eigenvalue weighted by Gasteiger charge is 2.37. The van der Waals surface area contributed by atoms with E-state index >= 15 is 0 Å². The Labute approximate surface area is 485 Å². The maximum absolute atomic E-state index is 14.0. The number of ether oxygens (including phenoxy) is 11. The molecule has 0 radical (unpaired) electrons. The fraction of sp³-hybridized carbons (Fsp3) is 0.556. The summed E-state index contributed by atoms with van der Waals surface area (Å²) in [5, 5.41) is 5.74. The normalized spacial score (nSPS) is 13.9. The van der Waals surface area contributed by atoms with E-state index in [9.17, 15) is 48.8 Å². The monoisotopic (exact) mass is 1240 g/mol. The van der Waals surface area contributed by atoms with E-state index in [0.29, 0.717) is 128 Å². The number of nitrogens with zero attached hydrogens (tertiary/aromatic N) is 2. The fourth-order valence-electron chi connectivity index (χ4n) is 7.72. The van der Waals surface area contributed by atoms with Gasteiger partial charge in [0, 0.05) is 56.1 Å². The third kappa shape index (κ3) is 23.7. The van der Waals surface area contributed by atoms with Crippen LogP contribution in [0.15, 0.2) is 62.8 Å². The number of rotatable bonds is 43. The minimum atomic E-state index is -5.65. The average Bonchev–Trinajstić information content (AvgIpc) is 2.60. The lowest BCUT2D eigenvalue weighted by molar-refractivity contribution is -0.136. The predicted octanol–water partition coefficient (Wildman–Crippen LogP) is 3.75. The molecule has 3 aromatic rings. The second-order valence-corrected chi connectivity index (χ2v) is 21.8. The molecular weight excluding hydrogens is 1160 g/mol. The molecule has 0 spiro atoms. The van der Waals surface area contributed by atoms with Crippen LogP contribution < -0.4 is 21.1 Å². The summed E-state index contributed by atoms with van der Waals surface area (Å²) in [6, 6.07) is 12.2. The number of halogens is 4. The van der Waals surface area contributed by atoms with Crippen LogP contribution in [0.4, 0.5) is 23.2 Å². The van der Waals surface area contributed by atoms with E-state index in [4.69, 9.17) is 57.7 Å². The van der Waals surface area contributed by atoms with E-state index in [-0.39, 0.29) is 88.2 Å². The van der Waals surface area contributed by atoms with Gasteiger partial charge in [-0.1, -0.05) is 31.2 Å². The van der Waals surface area contributed by atoms with Crippen molar-refractivity contribution in [3.8, 4) is 16.9 Å². The number of sulfonamides is 1. The fourth-order valence-corrected chi connectivity index (χ4v) is 9.99. The minimum Gasteiger partial charge on any atom is -0.420 e. The molecule has 0 aliphatic carbocycles. The van der Waals surface area contributed by atoms with Gasteiger partial charge < -0.3 is 68.5 Å². The van der Waals surface area contributed by atoms with Crippen molar-refractivity contribution in [1.82, 2.24) is 14.9 Å². The van der Waals surface area contributed by atoms with Gasteiger partial charge >= 0.3 is 16.1 Å². The molecule has 0 saturated carbocycles. The molecular formula is C54H73F4N5O19S2. The molecule has 0 unspecified atom stereocenters. The molecule has 1 saturated heterocycles. The van der Waals surface area contributed by atoms with Crippen LogP contribution in [0.2, 0.25) is 0 Å². The number of aliphatic imine (C=N–C) groups is 1. The first kappa shape index (κ1) is 69.2. The number of amides is 2. The summed E-state index contributed by atoms with van der Waals surface area (Å²) in [6.45, 7) is 8.96. The SMILES string of the molecule is CCCNC(=O)C1=Cc2ccc(-c3cccc(S(=O)(=O)N4CC(CNC(=O)CCOCCOCCOCCOCCOCCOCCOCCOCCOCCOCCC(=O)Oc5c(F)c(F)c(S(=O)(=O)O)c(F)c5F)C4)c3)cc2N=C(N)C1. The number of benzene rings is 3. The highest BCUT2D eigenvalue weighted by molar-refractivity contribution is 7.89.